The number of carbonyl (C=O) groups is 1. The zero-order chi connectivity index (χ0) is 13.1. The largest absolute Gasteiger partial charge is 0.355 e. The van der Waals surface area contributed by atoms with E-state index in [4.69, 9.17) is 5.73 Å². The van der Waals surface area contributed by atoms with E-state index in [1.165, 1.54) is 32.4 Å². The lowest BCUT2D eigenvalue weighted by Gasteiger charge is -2.26. The number of unbranched alkanes of at least 4 members (excludes halogenated alkanes) is 3. The summed E-state index contributed by atoms with van der Waals surface area (Å²) in [5.41, 5.74) is 5.42. The maximum Gasteiger partial charge on any atom is 0.220 e. The molecule has 0 aliphatic carbocycles. The molecule has 20 heavy (non-hydrogen) atoms. The Bertz CT molecular complexity index is 224. The van der Waals surface area contributed by atoms with Crippen LogP contribution in [0.3, 0.4) is 0 Å². The molecule has 3 N–H and O–H groups in total. The zero-order valence-electron chi connectivity index (χ0n) is 12.4. The predicted octanol–water partition coefficient (Wildman–Crippen LogP) is 2.34. The van der Waals surface area contributed by atoms with Crippen molar-refractivity contribution in [3.05, 3.63) is 0 Å². The number of halogens is 2. The summed E-state index contributed by atoms with van der Waals surface area (Å²) in [5.74, 6) is 0.208. The number of nitrogens with one attached hydrogen (secondary N) is 1. The number of nitrogens with two attached hydrogens (primary N) is 1. The fraction of sp³-hybridized carbons (Fsp3) is 0.929. The highest BCUT2D eigenvalue weighted by Gasteiger charge is 2.09. The molecular weight excluding hydrogens is 297 g/mol. The fourth-order valence-corrected chi connectivity index (χ4v) is 2.41. The Morgan fingerprint density at radius 3 is 2.30 bits per heavy atom. The van der Waals surface area contributed by atoms with Crippen LogP contribution >= 0.6 is 24.8 Å². The number of hydrogen-bond donors (Lipinski definition) is 2. The minimum absolute atomic E-state index is 0. The first-order valence-corrected chi connectivity index (χ1v) is 7.52. The van der Waals surface area contributed by atoms with Gasteiger partial charge in [0.2, 0.25) is 5.91 Å². The molecule has 6 heteroatoms. The van der Waals surface area contributed by atoms with Gasteiger partial charge in [-0.2, -0.15) is 0 Å². The summed E-state index contributed by atoms with van der Waals surface area (Å²) in [7, 11) is 0. The normalized spacial score (nSPS) is 15.1. The van der Waals surface area contributed by atoms with E-state index >= 15 is 0 Å². The minimum atomic E-state index is 0. The molecule has 0 radical (unpaired) electrons. The van der Waals surface area contributed by atoms with Crippen molar-refractivity contribution in [2.75, 3.05) is 32.7 Å². The molecule has 1 aliphatic rings. The van der Waals surface area contributed by atoms with Crippen LogP contribution < -0.4 is 11.1 Å². The third kappa shape index (κ3) is 11.8. The first kappa shape index (κ1) is 22.3. The number of likely N-dealkylation sites (tertiary alicyclic amines) is 1. The van der Waals surface area contributed by atoms with Crippen LogP contribution in [0.15, 0.2) is 0 Å². The first-order valence-electron chi connectivity index (χ1n) is 7.52. The van der Waals surface area contributed by atoms with Crippen molar-refractivity contribution < 1.29 is 4.79 Å². The molecule has 0 aromatic carbocycles. The van der Waals surface area contributed by atoms with Crippen LogP contribution in [0.25, 0.3) is 0 Å². The lowest BCUT2D eigenvalue weighted by molar-refractivity contribution is -0.121. The molecule has 0 aromatic heterocycles. The number of nitrogens with zero attached hydrogens (tertiary/aromatic N) is 1. The maximum atomic E-state index is 11.6. The monoisotopic (exact) mass is 327 g/mol. The quantitative estimate of drug-likeness (QED) is 0.639. The highest BCUT2D eigenvalue weighted by atomic mass is 35.5. The van der Waals surface area contributed by atoms with Crippen molar-refractivity contribution in [1.82, 2.24) is 10.2 Å². The van der Waals surface area contributed by atoms with Gasteiger partial charge in [-0.15, -0.1) is 24.8 Å². The Balaban J connectivity index is 0. The van der Waals surface area contributed by atoms with Crippen molar-refractivity contribution >= 4 is 30.7 Å². The van der Waals surface area contributed by atoms with E-state index in [2.05, 4.69) is 10.2 Å². The number of carbonyl (C=O) groups excluding carboxylic acids is 1. The summed E-state index contributed by atoms with van der Waals surface area (Å²) in [4.78, 5) is 14.0. The van der Waals surface area contributed by atoms with E-state index in [1.54, 1.807) is 0 Å². The summed E-state index contributed by atoms with van der Waals surface area (Å²) >= 11 is 0. The molecule has 122 valence electrons. The van der Waals surface area contributed by atoms with E-state index < -0.39 is 0 Å². The summed E-state index contributed by atoms with van der Waals surface area (Å²) in [6, 6.07) is 0. The Morgan fingerprint density at radius 2 is 1.65 bits per heavy atom. The molecule has 0 unspecified atom stereocenters. The van der Waals surface area contributed by atoms with Gasteiger partial charge in [0.25, 0.3) is 0 Å². The van der Waals surface area contributed by atoms with Gasteiger partial charge in [-0.25, -0.2) is 0 Å². The number of hydrogen-bond acceptors (Lipinski definition) is 3. The maximum absolute atomic E-state index is 11.6. The molecule has 0 bridgehead atoms. The van der Waals surface area contributed by atoms with Crippen molar-refractivity contribution in [2.24, 2.45) is 5.73 Å². The van der Waals surface area contributed by atoms with E-state index in [1.807, 2.05) is 0 Å². The Labute approximate surface area is 136 Å². The molecule has 0 spiro atoms. The standard InChI is InChI=1S/C14H29N3O.2ClH/c15-9-5-2-1-4-8-14(18)16-10-13-17-11-6-3-7-12-17;;/h1-13,15H2,(H,16,18);2*1H. The molecular formula is C14H31Cl2N3O. The van der Waals surface area contributed by atoms with Gasteiger partial charge < -0.3 is 16.0 Å². The highest BCUT2D eigenvalue weighted by molar-refractivity contribution is 5.85. The lowest BCUT2D eigenvalue weighted by atomic mass is 10.1. The van der Waals surface area contributed by atoms with Gasteiger partial charge in [-0.1, -0.05) is 19.3 Å². The van der Waals surface area contributed by atoms with Gasteiger partial charge in [-0.05, 0) is 45.3 Å². The molecule has 0 aromatic rings. The van der Waals surface area contributed by atoms with Gasteiger partial charge in [-0.3, -0.25) is 4.79 Å². The fourth-order valence-electron chi connectivity index (χ4n) is 2.41. The smallest absolute Gasteiger partial charge is 0.220 e. The third-order valence-electron chi connectivity index (χ3n) is 3.56. The summed E-state index contributed by atoms with van der Waals surface area (Å²) in [5, 5.41) is 3.02. The Kier molecular flexibility index (Phi) is 17.1. The second-order valence-corrected chi connectivity index (χ2v) is 5.21. The van der Waals surface area contributed by atoms with Gasteiger partial charge in [0.15, 0.2) is 0 Å². The Morgan fingerprint density at radius 1 is 1.00 bits per heavy atom. The second kappa shape index (κ2) is 15.4. The van der Waals surface area contributed by atoms with Crippen LogP contribution in [0.2, 0.25) is 0 Å². The van der Waals surface area contributed by atoms with Crippen molar-refractivity contribution in [3.63, 3.8) is 0 Å². The number of amides is 1. The first-order chi connectivity index (χ1) is 8.83. The third-order valence-corrected chi connectivity index (χ3v) is 3.56. The number of piperidine rings is 1. The van der Waals surface area contributed by atoms with Crippen LogP contribution in [0.1, 0.15) is 51.4 Å². The minimum Gasteiger partial charge on any atom is -0.355 e. The van der Waals surface area contributed by atoms with E-state index in [-0.39, 0.29) is 30.7 Å². The average molecular weight is 328 g/mol. The van der Waals surface area contributed by atoms with E-state index in [9.17, 15) is 4.79 Å². The Hall–Kier alpha value is -0.0300. The molecule has 1 amide bonds. The van der Waals surface area contributed by atoms with Crippen LogP contribution in [0.4, 0.5) is 0 Å². The zero-order valence-corrected chi connectivity index (χ0v) is 14.1. The summed E-state index contributed by atoms with van der Waals surface area (Å²) in [6.07, 6.45) is 9.01. The molecule has 0 atom stereocenters. The molecule has 1 heterocycles. The van der Waals surface area contributed by atoms with Crippen LogP contribution in [-0.2, 0) is 4.79 Å². The predicted molar refractivity (Wildman–Crippen MR) is 89.9 cm³/mol. The molecule has 0 saturated carbocycles. The van der Waals surface area contributed by atoms with Gasteiger partial charge in [0.1, 0.15) is 0 Å². The van der Waals surface area contributed by atoms with Crippen LogP contribution in [0, 0.1) is 0 Å². The molecule has 1 saturated heterocycles. The van der Waals surface area contributed by atoms with E-state index in [0.29, 0.717) is 6.42 Å². The van der Waals surface area contributed by atoms with Crippen LogP contribution in [0.5, 0.6) is 0 Å². The van der Waals surface area contributed by atoms with Crippen molar-refractivity contribution in [2.45, 2.75) is 51.4 Å². The molecule has 1 rings (SSSR count). The van der Waals surface area contributed by atoms with Crippen molar-refractivity contribution in [1.29, 1.82) is 0 Å². The second-order valence-electron chi connectivity index (χ2n) is 5.21. The lowest BCUT2D eigenvalue weighted by Crippen LogP contribution is -2.37. The van der Waals surface area contributed by atoms with Gasteiger partial charge in [0.05, 0.1) is 0 Å². The van der Waals surface area contributed by atoms with E-state index in [0.717, 1.165) is 45.3 Å². The van der Waals surface area contributed by atoms with Crippen LogP contribution in [-0.4, -0.2) is 43.5 Å². The summed E-state index contributed by atoms with van der Waals surface area (Å²) < 4.78 is 0. The topological polar surface area (TPSA) is 58.4 Å². The number of rotatable bonds is 9. The molecule has 1 aliphatic heterocycles. The molecule has 1 fully saturated rings. The summed E-state index contributed by atoms with van der Waals surface area (Å²) in [6.45, 7) is 4.99. The molecule has 4 nitrogen and oxygen atoms in total. The highest BCUT2D eigenvalue weighted by Crippen LogP contribution is 2.07. The average Bonchev–Trinajstić information content (AvgIpc) is 2.40. The van der Waals surface area contributed by atoms with Gasteiger partial charge in [0, 0.05) is 19.5 Å². The van der Waals surface area contributed by atoms with Crippen molar-refractivity contribution in [3.8, 4) is 0 Å². The van der Waals surface area contributed by atoms with Gasteiger partial charge >= 0.3 is 0 Å². The SMILES string of the molecule is Cl.Cl.NCCCCCCC(=O)NCCN1CCCCC1.